The highest BCUT2D eigenvalue weighted by atomic mass is 16.4. The van der Waals surface area contributed by atoms with Crippen LogP contribution in [0, 0.1) is 0 Å². The first-order chi connectivity index (χ1) is 15.2. The highest BCUT2D eigenvalue weighted by Crippen LogP contribution is 2.19. The van der Waals surface area contributed by atoms with Gasteiger partial charge in [-0.15, -0.1) is 0 Å². The van der Waals surface area contributed by atoms with E-state index in [-0.39, 0.29) is 18.7 Å². The fourth-order valence-electron chi connectivity index (χ4n) is 3.66. The Bertz CT molecular complexity index is 785. The Balaban J connectivity index is 1.90. The van der Waals surface area contributed by atoms with Gasteiger partial charge in [0.1, 0.15) is 18.1 Å². The van der Waals surface area contributed by atoms with Gasteiger partial charge in [-0.2, -0.15) is 0 Å². The predicted octanol–water partition coefficient (Wildman–Crippen LogP) is -1.53. The number of carboxylic acid groups (broad SMARTS) is 1. The number of nitrogens with two attached hydrogens (primary N) is 2. The molecule has 0 bridgehead atoms. The van der Waals surface area contributed by atoms with E-state index in [4.69, 9.17) is 11.5 Å². The largest absolute Gasteiger partial charge is 0.480 e. The minimum atomic E-state index is -1.15. The number of nitrogens with one attached hydrogen (secondary N) is 3. The minimum Gasteiger partial charge on any atom is -0.480 e. The molecule has 1 aliphatic rings. The average molecular weight is 452 g/mol. The van der Waals surface area contributed by atoms with Crippen LogP contribution in [-0.4, -0.2) is 80.9 Å². The molecule has 1 aliphatic heterocycles. The number of carbonyl (C=O) groups is 4. The number of rotatable bonds is 12. The second-order valence-electron chi connectivity index (χ2n) is 7.99. The molecule has 1 aromatic heterocycles. The fraction of sp³-hybridized carbons (Fsp3) is 0.650. The lowest BCUT2D eigenvalue weighted by Crippen LogP contribution is -2.56. The van der Waals surface area contributed by atoms with Crippen LogP contribution in [0.25, 0.3) is 0 Å². The maximum absolute atomic E-state index is 12.8. The number of amides is 3. The zero-order valence-corrected chi connectivity index (χ0v) is 18.3. The van der Waals surface area contributed by atoms with Crippen LogP contribution in [0.3, 0.4) is 0 Å². The summed E-state index contributed by atoms with van der Waals surface area (Å²) < 4.78 is 0. The third-order valence-corrected chi connectivity index (χ3v) is 5.46. The van der Waals surface area contributed by atoms with Crippen LogP contribution in [0.4, 0.5) is 0 Å². The Labute approximate surface area is 186 Å². The normalized spacial score (nSPS) is 18.6. The van der Waals surface area contributed by atoms with Gasteiger partial charge in [0, 0.05) is 24.9 Å². The number of carbonyl (C=O) groups excluding carboxylic acids is 3. The number of imidazole rings is 1. The zero-order valence-electron chi connectivity index (χ0n) is 18.3. The number of aromatic nitrogens is 2. The molecule has 0 radical (unpaired) electrons. The van der Waals surface area contributed by atoms with Crippen molar-refractivity contribution in [2.45, 2.75) is 69.6 Å². The molecule has 12 nitrogen and oxygen atoms in total. The summed E-state index contributed by atoms with van der Waals surface area (Å²) >= 11 is 0. The molecule has 1 fully saturated rings. The van der Waals surface area contributed by atoms with Crippen LogP contribution < -0.4 is 22.1 Å². The summed E-state index contributed by atoms with van der Waals surface area (Å²) in [5.41, 5.74) is 12.2. The molecule has 4 atom stereocenters. The van der Waals surface area contributed by atoms with Crippen LogP contribution in [-0.2, 0) is 25.6 Å². The number of hydrogen-bond donors (Lipinski definition) is 6. The summed E-state index contributed by atoms with van der Waals surface area (Å²) in [6.07, 6.45) is 5.91. The summed E-state index contributed by atoms with van der Waals surface area (Å²) in [5.74, 6) is -2.57. The van der Waals surface area contributed by atoms with E-state index in [2.05, 4.69) is 20.6 Å². The first-order valence-corrected chi connectivity index (χ1v) is 10.8. The third kappa shape index (κ3) is 7.02. The number of nitrogens with zero attached hydrogens (tertiary/aromatic N) is 2. The first kappa shape index (κ1) is 25.3. The van der Waals surface area contributed by atoms with Gasteiger partial charge >= 0.3 is 5.97 Å². The van der Waals surface area contributed by atoms with Crippen molar-refractivity contribution >= 4 is 23.7 Å². The molecule has 2 rings (SSSR count). The SMILES string of the molecule is CC(NC(=O)C1CCCN1C(=O)C(N)Cc1cnc[nH]1)C(=O)NC(CCCCN)C(=O)O. The van der Waals surface area contributed by atoms with E-state index in [1.807, 2.05) is 0 Å². The van der Waals surface area contributed by atoms with Gasteiger partial charge in [0.15, 0.2) is 0 Å². The molecule has 3 amide bonds. The Morgan fingerprint density at radius 1 is 1.31 bits per heavy atom. The van der Waals surface area contributed by atoms with Crippen LogP contribution >= 0.6 is 0 Å². The van der Waals surface area contributed by atoms with Crippen LogP contribution in [0.2, 0.25) is 0 Å². The molecule has 178 valence electrons. The van der Waals surface area contributed by atoms with Crippen molar-refractivity contribution < 1.29 is 24.3 Å². The van der Waals surface area contributed by atoms with E-state index >= 15 is 0 Å². The molecule has 2 heterocycles. The number of aromatic amines is 1. The van der Waals surface area contributed by atoms with Crippen molar-refractivity contribution in [1.29, 1.82) is 0 Å². The third-order valence-electron chi connectivity index (χ3n) is 5.46. The van der Waals surface area contributed by atoms with Crippen LogP contribution in [0.15, 0.2) is 12.5 Å². The lowest BCUT2D eigenvalue weighted by Gasteiger charge is -2.27. The molecule has 0 spiro atoms. The number of hydrogen-bond acceptors (Lipinski definition) is 7. The molecule has 12 heteroatoms. The van der Waals surface area contributed by atoms with E-state index in [1.165, 1.54) is 18.2 Å². The van der Waals surface area contributed by atoms with Crippen LogP contribution in [0.1, 0.15) is 44.7 Å². The fourth-order valence-corrected chi connectivity index (χ4v) is 3.66. The monoisotopic (exact) mass is 451 g/mol. The molecular formula is C20H33N7O5. The molecular weight excluding hydrogens is 418 g/mol. The molecule has 4 unspecified atom stereocenters. The first-order valence-electron chi connectivity index (χ1n) is 10.8. The van der Waals surface area contributed by atoms with E-state index in [9.17, 15) is 24.3 Å². The Morgan fingerprint density at radius 3 is 2.69 bits per heavy atom. The molecule has 1 saturated heterocycles. The van der Waals surface area contributed by atoms with Gasteiger partial charge in [0.05, 0.1) is 12.4 Å². The van der Waals surface area contributed by atoms with Crippen molar-refractivity contribution in [2.75, 3.05) is 13.1 Å². The average Bonchev–Trinajstić information content (AvgIpc) is 3.44. The lowest BCUT2D eigenvalue weighted by atomic mass is 10.1. The summed E-state index contributed by atoms with van der Waals surface area (Å²) in [7, 11) is 0. The summed E-state index contributed by atoms with van der Waals surface area (Å²) in [4.78, 5) is 57.6. The van der Waals surface area contributed by atoms with E-state index in [0.717, 1.165) is 5.69 Å². The molecule has 32 heavy (non-hydrogen) atoms. The van der Waals surface area contributed by atoms with E-state index in [0.29, 0.717) is 38.8 Å². The Kier molecular flexibility index (Phi) is 9.60. The second-order valence-corrected chi connectivity index (χ2v) is 7.99. The van der Waals surface area contributed by atoms with Crippen molar-refractivity contribution in [3.8, 4) is 0 Å². The topological polar surface area (TPSA) is 197 Å². The summed E-state index contributed by atoms with van der Waals surface area (Å²) in [5, 5.41) is 14.3. The number of carboxylic acids is 1. The quantitative estimate of drug-likeness (QED) is 0.206. The zero-order chi connectivity index (χ0) is 23.7. The van der Waals surface area contributed by atoms with Crippen molar-refractivity contribution in [3.05, 3.63) is 18.2 Å². The number of aliphatic carboxylic acids is 1. The Hall–Kier alpha value is -2.99. The molecule has 1 aromatic rings. The van der Waals surface area contributed by atoms with E-state index < -0.39 is 42.0 Å². The van der Waals surface area contributed by atoms with Gasteiger partial charge in [-0.05, 0) is 45.6 Å². The van der Waals surface area contributed by atoms with Gasteiger partial charge in [0.2, 0.25) is 17.7 Å². The smallest absolute Gasteiger partial charge is 0.326 e. The highest BCUT2D eigenvalue weighted by molar-refractivity contribution is 5.94. The Morgan fingerprint density at radius 2 is 2.06 bits per heavy atom. The molecule has 8 N–H and O–H groups in total. The van der Waals surface area contributed by atoms with Gasteiger partial charge in [0.25, 0.3) is 0 Å². The van der Waals surface area contributed by atoms with E-state index in [1.54, 1.807) is 6.20 Å². The van der Waals surface area contributed by atoms with Crippen molar-refractivity contribution in [3.63, 3.8) is 0 Å². The number of H-pyrrole nitrogens is 1. The van der Waals surface area contributed by atoms with Gasteiger partial charge in [-0.1, -0.05) is 0 Å². The highest BCUT2D eigenvalue weighted by Gasteiger charge is 2.37. The number of unbranched alkanes of at least 4 members (excludes halogenated alkanes) is 1. The number of likely N-dealkylation sites (tertiary alicyclic amines) is 1. The lowest BCUT2D eigenvalue weighted by molar-refractivity contribution is -0.143. The van der Waals surface area contributed by atoms with Gasteiger partial charge in [-0.25, -0.2) is 9.78 Å². The van der Waals surface area contributed by atoms with Crippen LogP contribution in [0.5, 0.6) is 0 Å². The standard InChI is InChI=1S/C20H33N7O5/c1-12(17(28)26-15(20(31)32)5-2-3-7-21)25-18(29)16-6-4-8-27(16)19(30)14(22)9-13-10-23-11-24-13/h10-12,14-16H,2-9,21-22H2,1H3,(H,23,24)(H,25,29)(H,26,28)(H,31,32). The van der Waals surface area contributed by atoms with Crippen molar-refractivity contribution in [1.82, 2.24) is 25.5 Å². The predicted molar refractivity (Wildman–Crippen MR) is 115 cm³/mol. The molecule has 0 aromatic carbocycles. The minimum absolute atomic E-state index is 0.248. The van der Waals surface area contributed by atoms with Crippen molar-refractivity contribution in [2.24, 2.45) is 11.5 Å². The maximum atomic E-state index is 12.8. The van der Waals surface area contributed by atoms with Gasteiger partial charge < -0.3 is 37.1 Å². The summed E-state index contributed by atoms with van der Waals surface area (Å²) in [6, 6.07) is -3.58. The maximum Gasteiger partial charge on any atom is 0.326 e. The second kappa shape index (κ2) is 12.2. The molecule has 0 saturated carbocycles. The molecule has 0 aliphatic carbocycles. The van der Waals surface area contributed by atoms with Gasteiger partial charge in [-0.3, -0.25) is 14.4 Å². The summed E-state index contributed by atoms with van der Waals surface area (Å²) in [6.45, 7) is 2.31.